The summed E-state index contributed by atoms with van der Waals surface area (Å²) in [5, 5.41) is 0. The Bertz CT molecular complexity index is 139. The molecule has 1 atom stereocenters. The summed E-state index contributed by atoms with van der Waals surface area (Å²) >= 11 is 5.75. The Morgan fingerprint density at radius 2 is 1.62 bits per heavy atom. The molecule has 0 heterocycles. The third-order valence-corrected chi connectivity index (χ3v) is 5.56. The van der Waals surface area contributed by atoms with Crippen molar-refractivity contribution in [3.8, 4) is 0 Å². The fourth-order valence-electron chi connectivity index (χ4n) is 1.66. The molecule has 0 saturated heterocycles. The predicted molar refractivity (Wildman–Crippen MR) is 73.6 cm³/mol. The topological polar surface area (TPSA) is 18.5 Å². The number of halogens is 1. The molecule has 0 radical (unpaired) electrons. The standard InChI is InChI=1S/C12H27ClO2Si/c1-4-10-14-16(15-11-5-2)12(6-3)8-7-9-13/h12,16H,4-11H2,1-3H3. The molecule has 0 N–H and O–H groups in total. The van der Waals surface area contributed by atoms with Gasteiger partial charge in [0.15, 0.2) is 0 Å². The van der Waals surface area contributed by atoms with Gasteiger partial charge in [-0.3, -0.25) is 0 Å². The van der Waals surface area contributed by atoms with E-state index in [1.165, 1.54) is 0 Å². The summed E-state index contributed by atoms with van der Waals surface area (Å²) in [7, 11) is -1.47. The molecular formula is C12H27ClO2Si. The summed E-state index contributed by atoms with van der Waals surface area (Å²) in [6.45, 7) is 8.20. The van der Waals surface area contributed by atoms with E-state index >= 15 is 0 Å². The van der Waals surface area contributed by atoms with Crippen LogP contribution in [0, 0.1) is 0 Å². The molecule has 0 rings (SSSR count). The van der Waals surface area contributed by atoms with Gasteiger partial charge in [0, 0.05) is 19.1 Å². The van der Waals surface area contributed by atoms with Crippen LogP contribution in [0.4, 0.5) is 0 Å². The molecular weight excluding hydrogens is 240 g/mol. The van der Waals surface area contributed by atoms with Crippen molar-refractivity contribution in [2.24, 2.45) is 0 Å². The summed E-state index contributed by atoms with van der Waals surface area (Å²) in [5.74, 6) is 0.749. The molecule has 0 aliphatic carbocycles. The lowest BCUT2D eigenvalue weighted by Gasteiger charge is -2.24. The van der Waals surface area contributed by atoms with E-state index in [1.807, 2.05) is 0 Å². The van der Waals surface area contributed by atoms with Crippen molar-refractivity contribution in [3.63, 3.8) is 0 Å². The van der Waals surface area contributed by atoms with Gasteiger partial charge in [0.1, 0.15) is 0 Å². The van der Waals surface area contributed by atoms with Crippen LogP contribution in [0.1, 0.15) is 52.9 Å². The zero-order valence-corrected chi connectivity index (χ0v) is 12.9. The van der Waals surface area contributed by atoms with E-state index in [2.05, 4.69) is 20.8 Å². The van der Waals surface area contributed by atoms with Crippen molar-refractivity contribution >= 4 is 20.9 Å². The quantitative estimate of drug-likeness (QED) is 0.418. The largest absolute Gasteiger partial charge is 0.396 e. The first-order valence-electron chi connectivity index (χ1n) is 6.59. The van der Waals surface area contributed by atoms with Crippen LogP contribution < -0.4 is 0 Å². The van der Waals surface area contributed by atoms with Crippen LogP contribution in [0.3, 0.4) is 0 Å². The average molecular weight is 267 g/mol. The van der Waals surface area contributed by atoms with Crippen LogP contribution in [-0.2, 0) is 8.85 Å². The minimum absolute atomic E-state index is 0.622. The molecule has 16 heavy (non-hydrogen) atoms. The van der Waals surface area contributed by atoms with Crippen molar-refractivity contribution in [2.45, 2.75) is 58.4 Å². The minimum Gasteiger partial charge on any atom is -0.396 e. The third kappa shape index (κ3) is 7.66. The molecule has 0 amide bonds. The number of rotatable bonds is 11. The van der Waals surface area contributed by atoms with Crippen molar-refractivity contribution in [2.75, 3.05) is 19.1 Å². The molecule has 0 saturated carbocycles. The van der Waals surface area contributed by atoms with Gasteiger partial charge in [-0.1, -0.05) is 27.2 Å². The summed E-state index contributed by atoms with van der Waals surface area (Å²) in [5.41, 5.74) is 0.622. The van der Waals surface area contributed by atoms with Crippen LogP contribution in [0.15, 0.2) is 0 Å². The van der Waals surface area contributed by atoms with Crippen LogP contribution >= 0.6 is 11.6 Å². The normalized spacial score (nSPS) is 13.3. The highest BCUT2D eigenvalue weighted by molar-refractivity contribution is 6.46. The lowest BCUT2D eigenvalue weighted by molar-refractivity contribution is 0.185. The number of alkyl halides is 1. The van der Waals surface area contributed by atoms with E-state index in [0.29, 0.717) is 5.54 Å². The Morgan fingerprint density at radius 3 is 2.00 bits per heavy atom. The maximum atomic E-state index is 5.92. The summed E-state index contributed by atoms with van der Waals surface area (Å²) in [6, 6.07) is 0. The van der Waals surface area contributed by atoms with E-state index in [-0.39, 0.29) is 0 Å². The molecule has 0 aliphatic heterocycles. The molecule has 0 aromatic carbocycles. The molecule has 0 aromatic rings. The first-order valence-corrected chi connectivity index (χ1v) is 8.73. The summed E-state index contributed by atoms with van der Waals surface area (Å²) in [4.78, 5) is 0. The molecule has 2 nitrogen and oxygen atoms in total. The lowest BCUT2D eigenvalue weighted by Crippen LogP contribution is -2.30. The van der Waals surface area contributed by atoms with Gasteiger partial charge in [0.2, 0.25) is 0 Å². The fraction of sp³-hybridized carbons (Fsp3) is 1.00. The molecule has 0 spiro atoms. The van der Waals surface area contributed by atoms with Gasteiger partial charge in [0.25, 0.3) is 0 Å². The molecule has 0 aliphatic rings. The molecule has 0 bridgehead atoms. The molecule has 0 aromatic heterocycles. The molecule has 0 fully saturated rings. The highest BCUT2D eigenvalue weighted by atomic mass is 35.5. The fourth-order valence-corrected chi connectivity index (χ4v) is 4.28. The molecule has 4 heteroatoms. The Morgan fingerprint density at radius 1 is 1.06 bits per heavy atom. The summed E-state index contributed by atoms with van der Waals surface area (Å²) in [6.07, 6.45) is 5.54. The summed E-state index contributed by atoms with van der Waals surface area (Å²) < 4.78 is 11.8. The van der Waals surface area contributed by atoms with Crippen LogP contribution in [-0.4, -0.2) is 28.4 Å². The first kappa shape index (κ1) is 16.4. The second-order valence-electron chi connectivity index (χ2n) is 4.11. The van der Waals surface area contributed by atoms with Gasteiger partial charge in [-0.25, -0.2) is 0 Å². The van der Waals surface area contributed by atoms with Gasteiger partial charge >= 0.3 is 9.28 Å². The highest BCUT2D eigenvalue weighted by Gasteiger charge is 2.24. The lowest BCUT2D eigenvalue weighted by atomic mass is 10.2. The van der Waals surface area contributed by atoms with E-state index in [1.54, 1.807) is 0 Å². The highest BCUT2D eigenvalue weighted by Crippen LogP contribution is 2.23. The van der Waals surface area contributed by atoms with Crippen LogP contribution in [0.5, 0.6) is 0 Å². The zero-order valence-electron chi connectivity index (χ0n) is 11.0. The maximum absolute atomic E-state index is 5.92. The van der Waals surface area contributed by atoms with Gasteiger partial charge in [0.05, 0.1) is 0 Å². The van der Waals surface area contributed by atoms with Crippen molar-refractivity contribution in [1.82, 2.24) is 0 Å². The monoisotopic (exact) mass is 266 g/mol. The van der Waals surface area contributed by atoms with E-state index in [4.69, 9.17) is 20.5 Å². The molecule has 98 valence electrons. The second kappa shape index (κ2) is 11.9. The first-order chi connectivity index (χ1) is 7.79. The Kier molecular flexibility index (Phi) is 12.2. The average Bonchev–Trinajstić information content (AvgIpc) is 2.32. The van der Waals surface area contributed by atoms with Gasteiger partial charge < -0.3 is 8.85 Å². The SMILES string of the molecule is CCCO[SiH](OCCC)C(CC)CCCCl. The smallest absolute Gasteiger partial charge is 0.324 e. The molecule has 1 unspecified atom stereocenters. The zero-order chi connectivity index (χ0) is 12.2. The van der Waals surface area contributed by atoms with Crippen molar-refractivity contribution in [1.29, 1.82) is 0 Å². The third-order valence-electron chi connectivity index (χ3n) is 2.59. The predicted octanol–water partition coefficient (Wildman–Crippen LogP) is 3.86. The minimum atomic E-state index is -1.47. The maximum Gasteiger partial charge on any atom is 0.324 e. The number of hydrogen-bond donors (Lipinski definition) is 0. The van der Waals surface area contributed by atoms with E-state index < -0.39 is 9.28 Å². The Balaban J connectivity index is 4.06. The Labute approximate surface area is 108 Å². The second-order valence-corrected chi connectivity index (χ2v) is 6.83. The van der Waals surface area contributed by atoms with Gasteiger partial charge in [-0.05, 0) is 31.2 Å². The van der Waals surface area contributed by atoms with Crippen molar-refractivity contribution < 1.29 is 8.85 Å². The van der Waals surface area contributed by atoms with Crippen LogP contribution in [0.25, 0.3) is 0 Å². The van der Waals surface area contributed by atoms with E-state index in [0.717, 1.165) is 51.2 Å². The van der Waals surface area contributed by atoms with Gasteiger partial charge in [-0.15, -0.1) is 11.6 Å². The van der Waals surface area contributed by atoms with E-state index in [9.17, 15) is 0 Å². The van der Waals surface area contributed by atoms with Gasteiger partial charge in [-0.2, -0.15) is 0 Å². The van der Waals surface area contributed by atoms with Crippen molar-refractivity contribution in [3.05, 3.63) is 0 Å². The Hall–Kier alpha value is 0.427. The number of hydrogen-bond acceptors (Lipinski definition) is 2. The van der Waals surface area contributed by atoms with Crippen LogP contribution in [0.2, 0.25) is 5.54 Å².